The number of hydrogen-bond acceptors (Lipinski definition) is 13. The first-order valence-corrected chi connectivity index (χ1v) is 14.6. The number of carbonyl (C=O) groups excluding carboxylic acids is 5. The third-order valence-corrected chi connectivity index (χ3v) is 7.16. The van der Waals surface area contributed by atoms with Gasteiger partial charge in [0.2, 0.25) is 12.4 Å². The average Bonchev–Trinajstić information content (AvgIpc) is 3.01. The lowest BCUT2D eigenvalue weighted by molar-refractivity contribution is -0.288. The van der Waals surface area contributed by atoms with Crippen LogP contribution in [0.4, 0.5) is 0 Å². The molecule has 46 heavy (non-hydrogen) atoms. The minimum Gasteiger partial charge on any atom is -0.493 e. The summed E-state index contributed by atoms with van der Waals surface area (Å²) in [5.41, 5.74) is 2.47. The zero-order chi connectivity index (χ0) is 33.4. The Morgan fingerprint density at radius 3 is 2.17 bits per heavy atom. The van der Waals surface area contributed by atoms with E-state index in [-0.39, 0.29) is 35.6 Å². The molecule has 2 aliphatic heterocycles. The van der Waals surface area contributed by atoms with Gasteiger partial charge in [-0.3, -0.25) is 24.0 Å². The predicted octanol–water partition coefficient (Wildman–Crippen LogP) is 2.20. The van der Waals surface area contributed by atoms with Crippen molar-refractivity contribution in [2.45, 2.75) is 70.9 Å². The fourth-order valence-electron chi connectivity index (χ4n) is 5.25. The fraction of sp³-hybridized carbons (Fsp3) is 0.469. The van der Waals surface area contributed by atoms with Crippen molar-refractivity contribution in [2.75, 3.05) is 26.9 Å². The molecule has 2 aromatic rings. The highest BCUT2D eigenvalue weighted by Gasteiger charge is 2.53. The lowest BCUT2D eigenvalue weighted by Gasteiger charge is -2.44. The van der Waals surface area contributed by atoms with Crippen LogP contribution in [-0.2, 0) is 54.0 Å². The Balaban J connectivity index is 1.57. The van der Waals surface area contributed by atoms with Gasteiger partial charge in [-0.25, -0.2) is 0 Å². The molecule has 1 amide bonds. The summed E-state index contributed by atoms with van der Waals surface area (Å²) in [6, 6.07) is 12.3. The van der Waals surface area contributed by atoms with E-state index >= 15 is 0 Å². The van der Waals surface area contributed by atoms with Gasteiger partial charge >= 0.3 is 23.9 Å². The minimum atomic E-state index is -1.47. The smallest absolute Gasteiger partial charge is 0.303 e. The molecular formula is C32H37NO13. The zero-order valence-electron chi connectivity index (χ0n) is 26.1. The molecule has 1 N–H and O–H groups in total. The SMILES string of the molecule is COc1cc(C(=O)NC[C@@H]2OCCc3ccccc32)ccc1O[C@H]1O[C@H](COC(C)=O)[C@H](OC(C)=O)[C@@H](OC(C)=O)[C@@H]1OC(C)=O. The van der Waals surface area contributed by atoms with Crippen molar-refractivity contribution in [1.82, 2.24) is 5.32 Å². The molecule has 0 unspecified atom stereocenters. The maximum absolute atomic E-state index is 13.1. The molecule has 4 rings (SSSR count). The Hall–Kier alpha value is -4.69. The fourth-order valence-corrected chi connectivity index (χ4v) is 5.25. The number of methoxy groups -OCH3 is 1. The highest BCUT2D eigenvalue weighted by Crippen LogP contribution is 2.35. The van der Waals surface area contributed by atoms with E-state index in [1.807, 2.05) is 24.3 Å². The molecule has 1 fully saturated rings. The van der Waals surface area contributed by atoms with E-state index in [1.54, 1.807) is 0 Å². The number of rotatable bonds is 11. The van der Waals surface area contributed by atoms with Crippen LogP contribution >= 0.6 is 0 Å². The average molecular weight is 644 g/mol. The molecule has 0 aromatic heterocycles. The summed E-state index contributed by atoms with van der Waals surface area (Å²) in [4.78, 5) is 60.9. The first-order valence-electron chi connectivity index (χ1n) is 14.6. The standard InChI is InChI=1S/C32H37NO13/c1-17(34)41-16-27-28(42-18(2)35)29(43-19(3)36)30(44-20(4)37)32(46-27)45-24-11-10-22(14-25(24)39-5)31(38)33-15-26-23-9-7-6-8-21(23)12-13-40-26/h6-11,14,26-30,32H,12-13,15-16H2,1-5H3,(H,33,38)/t26-,27+,28-,29+,30-,32-/m0/s1. The van der Waals surface area contributed by atoms with E-state index in [0.717, 1.165) is 32.8 Å². The Kier molecular flexibility index (Phi) is 11.6. The Labute approximate surface area is 265 Å². The Morgan fingerprint density at radius 2 is 1.50 bits per heavy atom. The summed E-state index contributed by atoms with van der Waals surface area (Å²) in [6.45, 7) is 4.93. The van der Waals surface area contributed by atoms with Gasteiger partial charge < -0.3 is 43.2 Å². The molecule has 0 saturated carbocycles. The van der Waals surface area contributed by atoms with Gasteiger partial charge in [-0.05, 0) is 35.7 Å². The summed E-state index contributed by atoms with van der Waals surface area (Å²) in [5, 5.41) is 2.89. The van der Waals surface area contributed by atoms with Gasteiger partial charge in [-0.15, -0.1) is 0 Å². The quantitative estimate of drug-likeness (QED) is 0.279. The molecule has 1 saturated heterocycles. The summed E-state index contributed by atoms with van der Waals surface area (Å²) in [7, 11) is 1.36. The van der Waals surface area contributed by atoms with Gasteiger partial charge in [0.15, 0.2) is 23.7 Å². The molecule has 0 bridgehead atoms. The van der Waals surface area contributed by atoms with Crippen molar-refractivity contribution in [3.63, 3.8) is 0 Å². The van der Waals surface area contributed by atoms with E-state index in [9.17, 15) is 24.0 Å². The summed E-state index contributed by atoms with van der Waals surface area (Å²) < 4.78 is 44.8. The number of ether oxygens (including phenoxy) is 8. The third kappa shape index (κ3) is 8.73. The Morgan fingerprint density at radius 1 is 0.826 bits per heavy atom. The normalized spacial score (nSPS) is 23.6. The lowest BCUT2D eigenvalue weighted by atomic mass is 9.97. The monoisotopic (exact) mass is 643 g/mol. The summed E-state index contributed by atoms with van der Waals surface area (Å²) >= 11 is 0. The second-order valence-electron chi connectivity index (χ2n) is 10.6. The van der Waals surface area contributed by atoms with Gasteiger partial charge in [-0.1, -0.05) is 24.3 Å². The van der Waals surface area contributed by atoms with Gasteiger partial charge in [0.25, 0.3) is 5.91 Å². The van der Waals surface area contributed by atoms with E-state index in [4.69, 9.17) is 37.9 Å². The third-order valence-electron chi connectivity index (χ3n) is 7.16. The van der Waals surface area contributed by atoms with Crippen LogP contribution in [0.5, 0.6) is 11.5 Å². The molecule has 2 heterocycles. The minimum absolute atomic E-state index is 0.0736. The molecule has 2 aromatic carbocycles. The maximum Gasteiger partial charge on any atom is 0.303 e. The van der Waals surface area contributed by atoms with E-state index < -0.39 is 61.2 Å². The number of nitrogens with one attached hydrogen (secondary N) is 1. The Bertz CT molecular complexity index is 1440. The highest BCUT2D eigenvalue weighted by atomic mass is 16.7. The van der Waals surface area contributed by atoms with Gasteiger partial charge in [0.05, 0.1) is 13.7 Å². The summed E-state index contributed by atoms with van der Waals surface area (Å²) in [5.74, 6) is -3.14. The van der Waals surface area contributed by atoms with Gasteiger partial charge in [-0.2, -0.15) is 0 Å². The molecule has 0 radical (unpaired) electrons. The maximum atomic E-state index is 13.1. The molecule has 14 nitrogen and oxygen atoms in total. The summed E-state index contributed by atoms with van der Waals surface area (Å²) in [6.07, 6.45) is -6.34. The number of hydrogen-bond donors (Lipinski definition) is 1. The van der Waals surface area contributed by atoms with Gasteiger partial charge in [0.1, 0.15) is 18.8 Å². The lowest BCUT2D eigenvalue weighted by Crippen LogP contribution is -2.63. The van der Waals surface area contributed by atoms with Crippen molar-refractivity contribution < 1.29 is 61.9 Å². The van der Waals surface area contributed by atoms with Crippen LogP contribution in [0, 0.1) is 0 Å². The number of esters is 4. The van der Waals surface area contributed by atoms with Crippen LogP contribution in [0.2, 0.25) is 0 Å². The van der Waals surface area contributed by atoms with Crippen LogP contribution in [0.1, 0.15) is 55.3 Å². The first kappa shape index (κ1) is 34.2. The topological polar surface area (TPSA) is 171 Å². The molecular weight excluding hydrogens is 606 g/mol. The van der Waals surface area contributed by atoms with Crippen LogP contribution in [-0.4, -0.2) is 87.4 Å². The zero-order valence-corrected chi connectivity index (χ0v) is 26.1. The number of fused-ring (bicyclic) bond motifs is 1. The molecule has 6 atom stereocenters. The van der Waals surface area contributed by atoms with Crippen molar-refractivity contribution in [3.8, 4) is 11.5 Å². The van der Waals surface area contributed by atoms with Crippen LogP contribution in [0.3, 0.4) is 0 Å². The second kappa shape index (κ2) is 15.5. The number of carbonyl (C=O) groups is 5. The first-order chi connectivity index (χ1) is 22.0. The second-order valence-corrected chi connectivity index (χ2v) is 10.6. The molecule has 14 heteroatoms. The number of benzene rings is 2. The van der Waals surface area contributed by atoms with E-state index in [2.05, 4.69) is 5.32 Å². The molecule has 248 valence electrons. The van der Waals surface area contributed by atoms with Crippen LogP contribution in [0.15, 0.2) is 42.5 Å². The van der Waals surface area contributed by atoms with Crippen molar-refractivity contribution in [3.05, 3.63) is 59.2 Å². The van der Waals surface area contributed by atoms with Crippen LogP contribution < -0.4 is 14.8 Å². The number of amides is 1. The molecule has 0 aliphatic carbocycles. The largest absolute Gasteiger partial charge is 0.493 e. The van der Waals surface area contributed by atoms with Gasteiger partial charge in [0, 0.05) is 39.8 Å². The predicted molar refractivity (Wildman–Crippen MR) is 157 cm³/mol. The van der Waals surface area contributed by atoms with E-state index in [1.165, 1.54) is 37.8 Å². The van der Waals surface area contributed by atoms with Crippen molar-refractivity contribution in [2.24, 2.45) is 0 Å². The van der Waals surface area contributed by atoms with Crippen molar-refractivity contribution in [1.29, 1.82) is 0 Å². The molecule has 2 aliphatic rings. The van der Waals surface area contributed by atoms with Crippen molar-refractivity contribution >= 4 is 29.8 Å². The van der Waals surface area contributed by atoms with E-state index in [0.29, 0.717) is 6.61 Å². The highest BCUT2D eigenvalue weighted by molar-refractivity contribution is 5.95. The van der Waals surface area contributed by atoms with Crippen LogP contribution in [0.25, 0.3) is 0 Å². The molecule has 0 spiro atoms.